The molecule has 8 heteroatoms. The number of aromatic nitrogens is 2. The van der Waals surface area contributed by atoms with Crippen molar-refractivity contribution in [3.8, 4) is 5.75 Å². The van der Waals surface area contributed by atoms with Crippen molar-refractivity contribution in [1.29, 1.82) is 0 Å². The monoisotopic (exact) mass is 431 g/mol. The van der Waals surface area contributed by atoms with Gasteiger partial charge in [0.25, 0.3) is 5.91 Å². The van der Waals surface area contributed by atoms with Gasteiger partial charge in [-0.2, -0.15) is 0 Å². The number of fused-ring (bicyclic) bond motifs is 1. The van der Waals surface area contributed by atoms with E-state index in [4.69, 9.17) is 4.74 Å². The zero-order chi connectivity index (χ0) is 22.5. The van der Waals surface area contributed by atoms with Crippen LogP contribution < -0.4 is 10.1 Å². The highest BCUT2D eigenvalue weighted by atomic mass is 19.1. The number of aliphatic hydroxyl groups excluding tert-OH is 1. The molecule has 1 amide bonds. The van der Waals surface area contributed by atoms with E-state index in [1.54, 1.807) is 23.6 Å². The SMILES string of the molecule is CCCC[C@H](CO)NC(=O)c1c(C)nc2c(OCc3c(F)cccc3F)cc(C)cn12. The second-order valence-corrected chi connectivity index (χ2v) is 7.61. The van der Waals surface area contributed by atoms with Gasteiger partial charge in [0.2, 0.25) is 0 Å². The number of halogens is 2. The Morgan fingerprint density at radius 3 is 2.65 bits per heavy atom. The van der Waals surface area contributed by atoms with Gasteiger partial charge in [-0.1, -0.05) is 25.8 Å². The Morgan fingerprint density at radius 2 is 2.00 bits per heavy atom. The van der Waals surface area contributed by atoms with Crippen LogP contribution in [-0.4, -0.2) is 33.0 Å². The largest absolute Gasteiger partial charge is 0.485 e. The Hall–Kier alpha value is -3.00. The molecule has 31 heavy (non-hydrogen) atoms. The number of hydrogen-bond acceptors (Lipinski definition) is 4. The van der Waals surface area contributed by atoms with Crippen molar-refractivity contribution in [3.05, 3.63) is 64.6 Å². The first-order valence-corrected chi connectivity index (χ1v) is 10.3. The predicted molar refractivity (Wildman–Crippen MR) is 113 cm³/mol. The first-order valence-electron chi connectivity index (χ1n) is 10.3. The number of nitrogens with one attached hydrogen (secondary N) is 1. The molecule has 3 aromatic rings. The maximum Gasteiger partial charge on any atom is 0.270 e. The number of ether oxygens (including phenoxy) is 1. The Morgan fingerprint density at radius 1 is 1.29 bits per heavy atom. The maximum atomic E-state index is 13.9. The van der Waals surface area contributed by atoms with Crippen LogP contribution in [0.15, 0.2) is 30.5 Å². The van der Waals surface area contributed by atoms with E-state index in [2.05, 4.69) is 10.3 Å². The smallest absolute Gasteiger partial charge is 0.270 e. The van der Waals surface area contributed by atoms with Crippen molar-refractivity contribution in [1.82, 2.24) is 14.7 Å². The van der Waals surface area contributed by atoms with E-state index in [0.29, 0.717) is 29.2 Å². The van der Waals surface area contributed by atoms with E-state index in [1.165, 1.54) is 18.2 Å². The summed E-state index contributed by atoms with van der Waals surface area (Å²) in [7, 11) is 0. The summed E-state index contributed by atoms with van der Waals surface area (Å²) in [6, 6.07) is 5.00. The molecule has 0 fully saturated rings. The minimum absolute atomic E-state index is 0.150. The molecule has 6 nitrogen and oxygen atoms in total. The zero-order valence-corrected chi connectivity index (χ0v) is 17.9. The average Bonchev–Trinajstić information content (AvgIpc) is 3.06. The van der Waals surface area contributed by atoms with Gasteiger partial charge in [-0.15, -0.1) is 0 Å². The number of carbonyl (C=O) groups excluding carboxylic acids is 1. The lowest BCUT2D eigenvalue weighted by molar-refractivity contribution is 0.0905. The van der Waals surface area contributed by atoms with Crippen LogP contribution in [0.25, 0.3) is 5.65 Å². The van der Waals surface area contributed by atoms with Gasteiger partial charge >= 0.3 is 0 Å². The van der Waals surface area contributed by atoms with Crippen molar-refractivity contribution >= 4 is 11.6 Å². The fraction of sp³-hybridized carbons (Fsp3) is 0.391. The fourth-order valence-corrected chi connectivity index (χ4v) is 3.47. The lowest BCUT2D eigenvalue weighted by atomic mass is 10.1. The minimum atomic E-state index is -0.689. The quantitative estimate of drug-likeness (QED) is 0.535. The molecule has 0 saturated carbocycles. The van der Waals surface area contributed by atoms with Gasteiger partial charge in [0.05, 0.1) is 23.9 Å². The van der Waals surface area contributed by atoms with Crippen LogP contribution in [0.3, 0.4) is 0 Å². The molecule has 2 heterocycles. The third-order valence-corrected chi connectivity index (χ3v) is 5.11. The molecular formula is C23H27F2N3O3. The summed E-state index contributed by atoms with van der Waals surface area (Å²) < 4.78 is 35.2. The van der Waals surface area contributed by atoms with Gasteiger partial charge in [-0.25, -0.2) is 13.8 Å². The van der Waals surface area contributed by atoms with E-state index in [9.17, 15) is 18.7 Å². The molecular weight excluding hydrogens is 404 g/mol. The number of hydrogen-bond donors (Lipinski definition) is 2. The number of aryl methyl sites for hydroxylation is 2. The normalized spacial score (nSPS) is 12.2. The number of pyridine rings is 1. The lowest BCUT2D eigenvalue weighted by Gasteiger charge is -2.16. The van der Waals surface area contributed by atoms with E-state index < -0.39 is 11.6 Å². The van der Waals surface area contributed by atoms with Crippen LogP contribution in [0.2, 0.25) is 0 Å². The number of rotatable bonds is 9. The summed E-state index contributed by atoms with van der Waals surface area (Å²) in [6.45, 7) is 5.11. The zero-order valence-electron chi connectivity index (χ0n) is 17.9. The number of carbonyl (C=O) groups is 1. The first kappa shape index (κ1) is 22.7. The number of nitrogens with zero attached hydrogens (tertiary/aromatic N) is 2. The van der Waals surface area contributed by atoms with Gasteiger partial charge in [0.1, 0.15) is 23.9 Å². The molecule has 1 atom stereocenters. The Balaban J connectivity index is 1.91. The summed E-state index contributed by atoms with van der Waals surface area (Å²) in [5.41, 5.74) is 1.80. The second-order valence-electron chi connectivity index (χ2n) is 7.61. The van der Waals surface area contributed by atoms with E-state index in [-0.39, 0.29) is 30.7 Å². The van der Waals surface area contributed by atoms with Crippen molar-refractivity contribution in [2.75, 3.05) is 6.61 Å². The lowest BCUT2D eigenvalue weighted by Crippen LogP contribution is -2.38. The highest BCUT2D eigenvalue weighted by molar-refractivity contribution is 5.95. The van der Waals surface area contributed by atoms with Crippen LogP contribution in [-0.2, 0) is 6.61 Å². The standard InChI is InChI=1S/C23H27F2N3O3/c1-4-5-7-16(12-29)27-23(30)21-15(3)26-22-20(10-14(2)11-28(21)22)31-13-17-18(24)8-6-9-19(17)25/h6,8-11,16,29H,4-5,7,12-13H2,1-3H3,(H,27,30)/t16-/m1/s1. The molecule has 0 unspecified atom stereocenters. The molecule has 0 spiro atoms. The highest BCUT2D eigenvalue weighted by Crippen LogP contribution is 2.26. The number of amides is 1. The molecule has 0 aliphatic carbocycles. The molecule has 0 radical (unpaired) electrons. The fourth-order valence-electron chi connectivity index (χ4n) is 3.47. The summed E-state index contributed by atoms with van der Waals surface area (Å²) in [6.07, 6.45) is 4.28. The van der Waals surface area contributed by atoms with Gasteiger partial charge in [-0.3, -0.25) is 9.20 Å². The van der Waals surface area contributed by atoms with Crippen LogP contribution in [0.5, 0.6) is 5.75 Å². The minimum Gasteiger partial charge on any atom is -0.485 e. The maximum absolute atomic E-state index is 13.9. The molecule has 0 aliphatic rings. The molecule has 1 aromatic carbocycles. The van der Waals surface area contributed by atoms with Crippen LogP contribution in [0.1, 0.15) is 53.5 Å². The Kier molecular flexibility index (Phi) is 7.22. The molecule has 0 bridgehead atoms. The van der Waals surface area contributed by atoms with Gasteiger partial charge in [0, 0.05) is 6.20 Å². The van der Waals surface area contributed by atoms with Gasteiger partial charge in [-0.05, 0) is 44.0 Å². The van der Waals surface area contributed by atoms with Crippen LogP contribution >= 0.6 is 0 Å². The Labute approximate surface area is 179 Å². The number of unbranched alkanes of at least 4 members (excludes halogenated alkanes) is 1. The highest BCUT2D eigenvalue weighted by Gasteiger charge is 2.22. The van der Waals surface area contributed by atoms with Crippen molar-refractivity contribution in [2.24, 2.45) is 0 Å². The van der Waals surface area contributed by atoms with Crippen LogP contribution in [0, 0.1) is 25.5 Å². The van der Waals surface area contributed by atoms with Gasteiger partial charge in [0.15, 0.2) is 11.4 Å². The number of imidazole rings is 1. The summed E-state index contributed by atoms with van der Waals surface area (Å²) >= 11 is 0. The topological polar surface area (TPSA) is 75.9 Å². The van der Waals surface area contributed by atoms with E-state index in [1.807, 2.05) is 13.8 Å². The predicted octanol–water partition coefficient (Wildman–Crippen LogP) is 4.09. The van der Waals surface area contributed by atoms with Crippen molar-refractivity contribution < 1.29 is 23.4 Å². The number of aliphatic hydroxyl groups is 1. The summed E-state index contributed by atoms with van der Waals surface area (Å²) in [4.78, 5) is 17.4. The molecule has 166 valence electrons. The average molecular weight is 431 g/mol. The van der Waals surface area contributed by atoms with E-state index >= 15 is 0 Å². The molecule has 2 N–H and O–H groups in total. The van der Waals surface area contributed by atoms with Gasteiger partial charge < -0.3 is 15.2 Å². The van der Waals surface area contributed by atoms with Crippen LogP contribution in [0.4, 0.5) is 8.78 Å². The first-order chi connectivity index (χ1) is 14.8. The molecule has 0 aliphatic heterocycles. The third-order valence-electron chi connectivity index (χ3n) is 5.11. The second kappa shape index (κ2) is 9.87. The number of benzene rings is 1. The van der Waals surface area contributed by atoms with Crippen molar-refractivity contribution in [2.45, 2.75) is 52.7 Å². The molecule has 0 saturated heterocycles. The molecule has 3 rings (SSSR count). The third kappa shape index (κ3) is 5.02. The summed E-state index contributed by atoms with van der Waals surface area (Å²) in [5.74, 6) is -1.41. The van der Waals surface area contributed by atoms with Crippen molar-refractivity contribution in [3.63, 3.8) is 0 Å². The molecule has 2 aromatic heterocycles. The van der Waals surface area contributed by atoms with E-state index in [0.717, 1.165) is 18.4 Å². The summed E-state index contributed by atoms with van der Waals surface area (Å²) in [5, 5.41) is 12.4. The Bertz CT molecular complexity index is 1060.